The fourth-order valence-corrected chi connectivity index (χ4v) is 16.9. The molecule has 3 aliphatic rings. The van der Waals surface area contributed by atoms with Gasteiger partial charge in [-0.15, -0.1) is 0 Å². The predicted molar refractivity (Wildman–Crippen MR) is 275 cm³/mol. The highest BCUT2D eigenvalue weighted by atomic mass is 28.3. The van der Waals surface area contributed by atoms with Crippen molar-refractivity contribution >= 4 is 46.8 Å². The Labute approximate surface area is 403 Å². The Morgan fingerprint density at radius 2 is 1.46 bits per heavy atom. The lowest BCUT2D eigenvalue weighted by molar-refractivity contribution is 0.0181. The van der Waals surface area contributed by atoms with Crippen LogP contribution in [0.3, 0.4) is 0 Å². The smallest absolute Gasteiger partial charge is 0.410 e. The van der Waals surface area contributed by atoms with Gasteiger partial charge < -0.3 is 38.9 Å². The number of anilines is 2. The molecule has 0 radical (unpaired) electrons. The van der Waals surface area contributed by atoms with E-state index < -0.39 is 25.4 Å². The zero-order valence-corrected chi connectivity index (χ0v) is 41.9. The van der Waals surface area contributed by atoms with Crippen LogP contribution >= 0.6 is 0 Å². The molecule has 9 rings (SSSR count). The lowest BCUT2D eigenvalue weighted by Gasteiger charge is -2.53. The Morgan fingerprint density at radius 3 is 2.10 bits per heavy atom. The summed E-state index contributed by atoms with van der Waals surface area (Å²) in [4.78, 5) is 33.5. The zero-order valence-electron chi connectivity index (χ0n) is 40.9. The fraction of sp³-hybridized carbons (Fsp3) is 0.411. The van der Waals surface area contributed by atoms with E-state index in [1.54, 1.807) is 4.90 Å². The minimum Gasteiger partial charge on any atom is -0.489 e. The number of rotatable bonds is 12. The van der Waals surface area contributed by atoms with E-state index in [1.807, 2.05) is 51.1 Å². The normalized spacial score (nSPS) is 18.6. The molecule has 1 N–H and O–H groups in total. The predicted octanol–water partition coefficient (Wildman–Crippen LogP) is 8.63. The molecule has 12 heteroatoms. The van der Waals surface area contributed by atoms with Crippen molar-refractivity contribution < 1.29 is 24.1 Å². The molecular weight excluding hydrogens is 865 g/mol. The maximum atomic E-state index is 14.1. The molecule has 4 heterocycles. The van der Waals surface area contributed by atoms with E-state index in [-0.39, 0.29) is 23.7 Å². The molecule has 1 amide bonds. The number of carbonyl (C=O) groups excluding carboxylic acids is 1. The van der Waals surface area contributed by atoms with Crippen molar-refractivity contribution in [2.24, 2.45) is 0 Å². The Balaban J connectivity index is 1.16. The van der Waals surface area contributed by atoms with Crippen LogP contribution in [0.5, 0.6) is 11.8 Å². The summed E-state index contributed by atoms with van der Waals surface area (Å²) in [5.41, 5.74) is 2.54. The van der Waals surface area contributed by atoms with Gasteiger partial charge in [-0.25, -0.2) is 4.79 Å². The first kappa shape index (κ1) is 47.1. The number of aliphatic hydroxyl groups excluding tert-OH is 1. The maximum Gasteiger partial charge on any atom is 0.410 e. The van der Waals surface area contributed by atoms with Gasteiger partial charge in [0.1, 0.15) is 30.4 Å². The number of ether oxygens (including phenoxy) is 3. The highest BCUT2D eigenvalue weighted by molar-refractivity contribution is 7.05. The zero-order chi connectivity index (χ0) is 47.6. The Kier molecular flexibility index (Phi) is 13.6. The molecule has 0 aliphatic carbocycles. The van der Waals surface area contributed by atoms with Gasteiger partial charge in [0.15, 0.2) is 8.07 Å². The minimum atomic E-state index is -3.20. The first-order chi connectivity index (χ1) is 32.7. The van der Waals surface area contributed by atoms with Crippen LogP contribution in [-0.2, 0) is 24.3 Å². The number of aliphatic hydroxyl groups is 1. The largest absolute Gasteiger partial charge is 0.489 e. The van der Waals surface area contributed by atoms with Gasteiger partial charge in [0.25, 0.3) is 0 Å². The second-order valence-corrected chi connectivity index (χ2v) is 25.7. The van der Waals surface area contributed by atoms with E-state index >= 15 is 0 Å². The number of nitrogens with zero attached hydrogens (tertiary/aromatic N) is 6. The van der Waals surface area contributed by atoms with Gasteiger partial charge in [0.05, 0.1) is 24.0 Å². The van der Waals surface area contributed by atoms with Gasteiger partial charge in [0, 0.05) is 54.9 Å². The van der Waals surface area contributed by atoms with Crippen molar-refractivity contribution in [2.75, 3.05) is 56.2 Å². The third-order valence-corrected chi connectivity index (χ3v) is 20.4. The number of benzene rings is 5. The summed E-state index contributed by atoms with van der Waals surface area (Å²) in [6.07, 6.45) is 2.46. The highest BCUT2D eigenvalue weighted by Crippen LogP contribution is 2.43. The van der Waals surface area contributed by atoms with E-state index in [4.69, 9.17) is 24.2 Å². The van der Waals surface area contributed by atoms with Gasteiger partial charge in [0.2, 0.25) is 0 Å². The number of likely N-dealkylation sites (tertiary alicyclic amines) is 1. The number of hydrogen-bond acceptors (Lipinski definition) is 10. The summed E-state index contributed by atoms with van der Waals surface area (Å²) in [6, 6.07) is 44.2. The standard InChI is InChI=1S/C56H68N6O5Si/c1-55(2,3)67-54(64)61-32-33-62(50(37-61)52(63)68(56(4,5)6,44-24-13-9-14-25-44)45-26-15-10-16-27-45)51-47-29-31-60(36-48(47)57-53(58-51)66-39-42-23-19-30-59(42)7)49-35-43(34-41-22-17-18-28-46(41)49)65-38-40-20-11-8-12-21-40/h8-18,20-22,24-28,34-35,42,50,52,63H,19,23,29-33,36-39H2,1-7H3/t42-,50?,52?/m0/s1. The van der Waals surface area contributed by atoms with Crippen LogP contribution in [0.2, 0.25) is 5.04 Å². The quantitative estimate of drug-likeness (QED) is 0.120. The second kappa shape index (κ2) is 19.6. The topological polar surface area (TPSA) is 104 Å². The monoisotopic (exact) mass is 933 g/mol. The lowest BCUT2D eigenvalue weighted by atomic mass is 10.0. The van der Waals surface area contributed by atoms with Crippen LogP contribution in [0.25, 0.3) is 10.8 Å². The van der Waals surface area contributed by atoms with Gasteiger partial charge >= 0.3 is 12.1 Å². The average Bonchev–Trinajstić information content (AvgIpc) is 3.76. The molecule has 6 aromatic rings. The van der Waals surface area contributed by atoms with E-state index in [1.165, 1.54) is 0 Å². The number of likely N-dealkylation sites (N-methyl/N-ethyl adjacent to an activating group) is 1. The number of amides is 1. The van der Waals surface area contributed by atoms with Crippen molar-refractivity contribution in [3.05, 3.63) is 144 Å². The van der Waals surface area contributed by atoms with Crippen LogP contribution < -0.4 is 29.6 Å². The van der Waals surface area contributed by atoms with Crippen molar-refractivity contribution in [3.63, 3.8) is 0 Å². The number of fused-ring (bicyclic) bond motifs is 2. The first-order valence-corrected chi connectivity index (χ1v) is 26.5. The molecular formula is C56H68N6O5Si. The number of hydrogen-bond donors (Lipinski definition) is 1. The maximum absolute atomic E-state index is 14.1. The van der Waals surface area contributed by atoms with Gasteiger partial charge in [-0.2, -0.15) is 9.97 Å². The molecule has 3 atom stereocenters. The molecule has 2 fully saturated rings. The van der Waals surface area contributed by atoms with Gasteiger partial charge in [-0.1, -0.05) is 146 Å². The third kappa shape index (κ3) is 9.68. The van der Waals surface area contributed by atoms with Crippen molar-refractivity contribution in [3.8, 4) is 11.8 Å². The summed E-state index contributed by atoms with van der Waals surface area (Å²) in [5.74, 6) is 1.57. The molecule has 11 nitrogen and oxygen atoms in total. The first-order valence-electron chi connectivity index (χ1n) is 24.4. The summed E-state index contributed by atoms with van der Waals surface area (Å²) in [5, 5.41) is 18.0. The van der Waals surface area contributed by atoms with Gasteiger partial charge in [-0.05, 0) is 75.7 Å². The van der Waals surface area contributed by atoms with E-state index in [9.17, 15) is 9.90 Å². The summed E-state index contributed by atoms with van der Waals surface area (Å²) >= 11 is 0. The molecule has 0 bridgehead atoms. The molecule has 3 aliphatic heterocycles. The molecule has 356 valence electrons. The molecule has 68 heavy (non-hydrogen) atoms. The molecule has 0 spiro atoms. The Hall–Kier alpha value is -5.95. The Bertz CT molecular complexity index is 2640. The molecule has 1 aromatic heterocycles. The molecule has 5 aromatic carbocycles. The summed E-state index contributed by atoms with van der Waals surface area (Å²) < 4.78 is 19.2. The van der Waals surface area contributed by atoms with E-state index in [0.717, 1.165) is 74.6 Å². The highest BCUT2D eigenvalue weighted by Gasteiger charge is 2.57. The van der Waals surface area contributed by atoms with E-state index in [2.05, 4.69) is 140 Å². The summed E-state index contributed by atoms with van der Waals surface area (Å²) in [7, 11) is -1.04. The number of carbonyl (C=O) groups is 1. The van der Waals surface area contributed by atoms with Crippen molar-refractivity contribution in [1.82, 2.24) is 19.8 Å². The van der Waals surface area contributed by atoms with Crippen LogP contribution in [0.4, 0.5) is 16.3 Å². The molecule has 2 unspecified atom stereocenters. The van der Waals surface area contributed by atoms with Crippen LogP contribution in [-0.4, -0.2) is 109 Å². The van der Waals surface area contributed by atoms with E-state index in [0.29, 0.717) is 51.8 Å². The SMILES string of the molecule is CN1CCC[C@H]1COc1nc2c(c(N3CCN(C(=O)OC(C)(C)C)CC3C(O)[Si](c3ccccc3)(c3ccccc3)C(C)(C)C)n1)CCN(c1cc(OCc3ccccc3)cc3ccccc13)C2. The fourth-order valence-electron chi connectivity index (χ4n) is 11.0. The van der Waals surface area contributed by atoms with Gasteiger partial charge in [-0.3, -0.25) is 0 Å². The third-order valence-electron chi connectivity index (χ3n) is 14.3. The lowest BCUT2D eigenvalue weighted by Crippen LogP contribution is -2.77. The van der Waals surface area contributed by atoms with Crippen LogP contribution in [0.15, 0.2) is 127 Å². The minimum absolute atomic E-state index is 0.246. The van der Waals surface area contributed by atoms with Crippen molar-refractivity contribution in [2.45, 2.75) is 102 Å². The molecule has 0 saturated carbocycles. The number of aromatic nitrogens is 2. The Morgan fingerprint density at radius 1 is 0.794 bits per heavy atom. The second-order valence-electron chi connectivity index (χ2n) is 20.9. The van der Waals surface area contributed by atoms with Crippen LogP contribution in [0, 0.1) is 0 Å². The molecule has 2 saturated heterocycles. The summed E-state index contributed by atoms with van der Waals surface area (Å²) in [6.45, 7) is 16.8. The average molecular weight is 933 g/mol. The van der Waals surface area contributed by atoms with Crippen LogP contribution in [0.1, 0.15) is 71.2 Å². The van der Waals surface area contributed by atoms with Crippen molar-refractivity contribution in [1.29, 1.82) is 0 Å². The number of piperazine rings is 1.